The summed E-state index contributed by atoms with van der Waals surface area (Å²) in [5, 5.41) is -3.86. The van der Waals surface area contributed by atoms with Crippen LogP contribution < -0.4 is 4.74 Å². The predicted octanol–water partition coefficient (Wildman–Crippen LogP) is 6.93. The van der Waals surface area contributed by atoms with Gasteiger partial charge < -0.3 is 14.2 Å². The number of ether oxygens (including phenoxy) is 3. The number of alkyl halides is 2. The Balaban J connectivity index is 1.62. The lowest BCUT2D eigenvalue weighted by Crippen LogP contribution is -2.43. The van der Waals surface area contributed by atoms with Gasteiger partial charge in [-0.3, -0.25) is 4.55 Å². The van der Waals surface area contributed by atoms with Crippen LogP contribution in [0.2, 0.25) is 5.02 Å². The predicted molar refractivity (Wildman–Crippen MR) is 146 cm³/mol. The molecule has 1 N–H and O–H groups in total. The second-order valence-electron chi connectivity index (χ2n) is 10.2. The Bertz CT molecular complexity index is 1390. The molecule has 1 aliphatic heterocycles. The smallest absolute Gasteiger partial charge is 0.405 e. The molecule has 1 fully saturated rings. The maximum Gasteiger partial charge on any atom is 0.405 e. The van der Waals surface area contributed by atoms with Crippen molar-refractivity contribution in [2.45, 2.75) is 59.5 Å². The van der Waals surface area contributed by atoms with Gasteiger partial charge in [0.25, 0.3) is 0 Å². The Kier molecular flexibility index (Phi) is 8.39. The molecule has 0 radical (unpaired) electrons. The van der Waals surface area contributed by atoms with Gasteiger partial charge in [0.15, 0.2) is 26.6 Å². The number of halogens is 3. The Morgan fingerprint density at radius 3 is 1.79 bits per heavy atom. The van der Waals surface area contributed by atoms with Crippen molar-refractivity contribution in [3.63, 3.8) is 0 Å². The van der Waals surface area contributed by atoms with Crippen LogP contribution in [0.25, 0.3) is 0 Å². The molecule has 0 aliphatic carbocycles. The fraction of sp³-hybridized carbons (Fsp3) is 0.357. The lowest BCUT2D eigenvalue weighted by Gasteiger charge is -2.41. The fourth-order valence-electron chi connectivity index (χ4n) is 3.93. The van der Waals surface area contributed by atoms with E-state index in [9.17, 15) is 17.2 Å². The molecule has 11 heteroatoms. The number of rotatable bonds is 8. The highest BCUT2D eigenvalue weighted by Crippen LogP contribution is 2.38. The summed E-state index contributed by atoms with van der Waals surface area (Å²) in [7, 11) is -6.22. The summed E-state index contributed by atoms with van der Waals surface area (Å²) >= 11 is 6.13. The highest BCUT2D eigenvalue weighted by molar-refractivity contribution is 7.97. The van der Waals surface area contributed by atoms with Crippen molar-refractivity contribution in [1.82, 2.24) is 0 Å². The Morgan fingerprint density at radius 2 is 1.33 bits per heavy atom. The first-order valence-electron chi connectivity index (χ1n) is 12.1. The van der Waals surface area contributed by atoms with Gasteiger partial charge in [-0.1, -0.05) is 25.4 Å². The molecule has 3 aromatic rings. The van der Waals surface area contributed by atoms with Crippen LogP contribution in [0.4, 0.5) is 8.78 Å². The molecule has 0 bridgehead atoms. The average Bonchev–Trinajstić information content (AvgIpc) is 2.88. The quantitative estimate of drug-likeness (QED) is 0.223. The molecule has 2 unspecified atom stereocenters. The van der Waals surface area contributed by atoms with Gasteiger partial charge in [-0.15, -0.1) is 0 Å². The maximum atomic E-state index is 13.9. The van der Waals surface area contributed by atoms with Crippen LogP contribution in [0.1, 0.15) is 33.3 Å². The minimum absolute atomic E-state index is 0.0343. The summed E-state index contributed by atoms with van der Waals surface area (Å²) in [6.45, 7) is 8.10. The van der Waals surface area contributed by atoms with Gasteiger partial charge in [-0.25, -0.2) is 0 Å². The number of benzene rings is 3. The van der Waals surface area contributed by atoms with Crippen LogP contribution in [-0.4, -0.2) is 37.5 Å². The molecule has 1 aliphatic rings. The van der Waals surface area contributed by atoms with E-state index >= 15 is 0 Å². The van der Waals surface area contributed by atoms with Gasteiger partial charge in [0, 0.05) is 16.0 Å². The van der Waals surface area contributed by atoms with E-state index in [1.54, 1.807) is 24.3 Å². The summed E-state index contributed by atoms with van der Waals surface area (Å²) in [6, 6.07) is 21.8. The van der Waals surface area contributed by atoms with E-state index in [4.69, 9.17) is 30.4 Å². The lowest BCUT2D eigenvalue weighted by molar-refractivity contribution is -0.298. The zero-order valence-electron chi connectivity index (χ0n) is 21.9. The van der Waals surface area contributed by atoms with Gasteiger partial charge >= 0.3 is 15.4 Å². The molecule has 210 valence electrons. The van der Waals surface area contributed by atoms with Gasteiger partial charge in [-0.05, 0) is 86.6 Å². The van der Waals surface area contributed by atoms with Crippen LogP contribution >= 0.6 is 11.6 Å². The summed E-state index contributed by atoms with van der Waals surface area (Å²) in [5.74, 6) is -0.820. The molecular weight excluding hydrogens is 570 g/mol. The summed E-state index contributed by atoms with van der Waals surface area (Å²) in [4.78, 5) is 2.83. The van der Waals surface area contributed by atoms with Crippen LogP contribution in [0.5, 0.6) is 5.75 Å². The molecular formula is C28H30ClF2O6S2+. The van der Waals surface area contributed by atoms with Gasteiger partial charge in [0.2, 0.25) is 0 Å². The van der Waals surface area contributed by atoms with Crippen LogP contribution in [0, 0.1) is 5.41 Å². The summed E-state index contributed by atoms with van der Waals surface area (Å²) < 4.78 is 76.1. The molecule has 3 aromatic carbocycles. The maximum absolute atomic E-state index is 13.9. The molecule has 4 rings (SSSR count). The second-order valence-corrected chi connectivity index (χ2v) is 14.2. The van der Waals surface area contributed by atoms with Gasteiger partial charge in [0.1, 0.15) is 5.75 Å². The van der Waals surface area contributed by atoms with Gasteiger partial charge in [-0.2, -0.15) is 17.2 Å². The van der Waals surface area contributed by atoms with Crippen molar-refractivity contribution in [3.8, 4) is 5.75 Å². The third-order valence-electron chi connectivity index (χ3n) is 6.33. The third kappa shape index (κ3) is 6.58. The zero-order valence-corrected chi connectivity index (χ0v) is 24.2. The van der Waals surface area contributed by atoms with Crippen molar-refractivity contribution in [3.05, 3.63) is 83.4 Å². The largest absolute Gasteiger partial charge is 0.483 e. The van der Waals surface area contributed by atoms with E-state index in [1.807, 2.05) is 43.3 Å². The molecule has 0 amide bonds. The van der Waals surface area contributed by atoms with E-state index in [0.29, 0.717) is 18.2 Å². The molecule has 0 saturated carbocycles. The standard InChI is InChI=1S/C28H29ClF2O6S2/c1-19(28(30,31)39(32,33)34)37-22-9-15-25(16-10-22)38(24-13-7-21(29)8-14-24)23-11-5-20(6-12-23)27(4)35-17-26(2,3)18-36-27/h5-16,19H,17-18H2,1-4H3/p+1. The van der Waals surface area contributed by atoms with E-state index in [0.717, 1.165) is 27.2 Å². The van der Waals surface area contributed by atoms with Gasteiger partial charge in [0.05, 0.1) is 24.1 Å². The topological polar surface area (TPSA) is 82.1 Å². The second kappa shape index (κ2) is 11.0. The molecule has 2 atom stereocenters. The zero-order chi connectivity index (χ0) is 28.6. The molecule has 0 spiro atoms. The van der Waals surface area contributed by atoms with E-state index in [2.05, 4.69) is 13.8 Å². The normalized spacial score (nSPS) is 18.8. The Morgan fingerprint density at radius 1 is 0.897 bits per heavy atom. The van der Waals surface area contributed by atoms with Crippen molar-refractivity contribution >= 4 is 32.6 Å². The minimum Gasteiger partial charge on any atom is -0.483 e. The van der Waals surface area contributed by atoms with Crippen molar-refractivity contribution in [2.24, 2.45) is 5.41 Å². The third-order valence-corrected chi connectivity index (χ3v) is 9.83. The Labute approximate surface area is 235 Å². The fourth-order valence-corrected chi connectivity index (χ4v) is 6.56. The molecule has 1 saturated heterocycles. The van der Waals surface area contributed by atoms with Crippen LogP contribution in [0.15, 0.2) is 87.5 Å². The van der Waals surface area contributed by atoms with Crippen LogP contribution in [0.3, 0.4) is 0 Å². The minimum atomic E-state index is -5.63. The van der Waals surface area contributed by atoms with Crippen LogP contribution in [-0.2, 0) is 36.3 Å². The summed E-state index contributed by atoms with van der Waals surface area (Å²) in [5.41, 5.74) is 0.829. The first kappa shape index (κ1) is 29.8. The lowest BCUT2D eigenvalue weighted by atomic mass is 9.94. The van der Waals surface area contributed by atoms with Crippen molar-refractivity contribution < 1.29 is 36.0 Å². The van der Waals surface area contributed by atoms with E-state index in [-0.39, 0.29) is 11.2 Å². The monoisotopic (exact) mass is 599 g/mol. The SMILES string of the molecule is CC(Oc1ccc([S+](c2ccc(Cl)cc2)c2ccc(C3(C)OCC(C)(C)CO3)cc2)cc1)C(F)(F)S(=O)(=O)O. The molecule has 1 heterocycles. The van der Waals surface area contributed by atoms with Crippen molar-refractivity contribution in [2.75, 3.05) is 13.2 Å². The van der Waals surface area contributed by atoms with Crippen molar-refractivity contribution in [1.29, 1.82) is 0 Å². The average molecular weight is 600 g/mol. The van der Waals surface area contributed by atoms with E-state index < -0.39 is 38.2 Å². The Hall–Kier alpha value is -2.21. The highest BCUT2D eigenvalue weighted by Gasteiger charge is 2.51. The molecule has 0 aromatic heterocycles. The first-order chi connectivity index (χ1) is 18.1. The molecule has 6 nitrogen and oxygen atoms in total. The first-order valence-corrected chi connectivity index (χ1v) is 15.2. The molecule has 39 heavy (non-hydrogen) atoms. The van der Waals surface area contributed by atoms with E-state index in [1.165, 1.54) is 12.1 Å². The number of hydrogen-bond acceptors (Lipinski definition) is 5. The highest BCUT2D eigenvalue weighted by atomic mass is 35.5. The summed E-state index contributed by atoms with van der Waals surface area (Å²) in [6.07, 6.45) is -2.10. The number of hydrogen-bond donors (Lipinski definition) is 1.